The SMILES string of the molecule is O=C(NC1CCCNC1)N1CCOCC1. The minimum Gasteiger partial charge on any atom is -0.378 e. The van der Waals surface area contributed by atoms with Gasteiger partial charge in [-0.1, -0.05) is 0 Å². The molecule has 2 heterocycles. The molecule has 0 radical (unpaired) electrons. The van der Waals surface area contributed by atoms with Crippen molar-refractivity contribution in [3.8, 4) is 0 Å². The molecule has 5 heteroatoms. The number of morpholine rings is 1. The fraction of sp³-hybridized carbons (Fsp3) is 0.900. The first kappa shape index (κ1) is 10.7. The van der Waals surface area contributed by atoms with Crippen LogP contribution in [-0.4, -0.2) is 56.4 Å². The molecule has 86 valence electrons. The molecule has 2 saturated heterocycles. The van der Waals surface area contributed by atoms with Gasteiger partial charge in [-0.2, -0.15) is 0 Å². The van der Waals surface area contributed by atoms with E-state index in [0.29, 0.717) is 32.3 Å². The molecule has 0 aromatic carbocycles. The fourth-order valence-electron chi connectivity index (χ4n) is 2.01. The minimum atomic E-state index is 0.0620. The van der Waals surface area contributed by atoms with E-state index in [2.05, 4.69) is 10.6 Å². The molecular weight excluding hydrogens is 194 g/mol. The molecule has 2 fully saturated rings. The van der Waals surface area contributed by atoms with E-state index in [9.17, 15) is 4.79 Å². The molecule has 2 aliphatic rings. The minimum absolute atomic E-state index is 0.0620. The zero-order valence-corrected chi connectivity index (χ0v) is 9.00. The van der Waals surface area contributed by atoms with Gasteiger partial charge in [0.2, 0.25) is 0 Å². The van der Waals surface area contributed by atoms with Gasteiger partial charge in [0.05, 0.1) is 13.2 Å². The van der Waals surface area contributed by atoms with E-state index < -0.39 is 0 Å². The lowest BCUT2D eigenvalue weighted by Crippen LogP contribution is -2.52. The molecular formula is C10H19N3O2. The zero-order valence-electron chi connectivity index (χ0n) is 9.00. The molecule has 2 aliphatic heterocycles. The Balaban J connectivity index is 1.74. The third-order valence-electron chi connectivity index (χ3n) is 2.92. The number of carbonyl (C=O) groups is 1. The van der Waals surface area contributed by atoms with Crippen LogP contribution in [0.25, 0.3) is 0 Å². The first-order chi connectivity index (χ1) is 7.36. The van der Waals surface area contributed by atoms with E-state index >= 15 is 0 Å². The van der Waals surface area contributed by atoms with Gasteiger partial charge in [0.15, 0.2) is 0 Å². The highest BCUT2D eigenvalue weighted by Crippen LogP contribution is 2.03. The van der Waals surface area contributed by atoms with Crippen LogP contribution in [0, 0.1) is 0 Å². The third-order valence-corrected chi connectivity index (χ3v) is 2.92. The van der Waals surface area contributed by atoms with Gasteiger partial charge in [-0.05, 0) is 19.4 Å². The lowest BCUT2D eigenvalue weighted by atomic mass is 10.1. The molecule has 0 aromatic rings. The van der Waals surface area contributed by atoms with Gasteiger partial charge in [0.1, 0.15) is 0 Å². The van der Waals surface area contributed by atoms with Crippen LogP contribution in [0.4, 0.5) is 4.79 Å². The summed E-state index contributed by atoms with van der Waals surface area (Å²) >= 11 is 0. The largest absolute Gasteiger partial charge is 0.378 e. The first-order valence-electron chi connectivity index (χ1n) is 5.70. The monoisotopic (exact) mass is 213 g/mol. The van der Waals surface area contributed by atoms with Gasteiger partial charge in [-0.25, -0.2) is 4.79 Å². The van der Waals surface area contributed by atoms with Crippen molar-refractivity contribution in [3.05, 3.63) is 0 Å². The van der Waals surface area contributed by atoms with E-state index in [1.54, 1.807) is 0 Å². The van der Waals surface area contributed by atoms with Crippen molar-refractivity contribution in [2.45, 2.75) is 18.9 Å². The van der Waals surface area contributed by atoms with Gasteiger partial charge in [0, 0.05) is 25.7 Å². The van der Waals surface area contributed by atoms with Crippen LogP contribution in [0.2, 0.25) is 0 Å². The Morgan fingerprint density at radius 3 is 2.87 bits per heavy atom. The third kappa shape index (κ3) is 3.07. The van der Waals surface area contributed by atoms with Crippen molar-refractivity contribution in [2.24, 2.45) is 0 Å². The van der Waals surface area contributed by atoms with Crippen molar-refractivity contribution in [2.75, 3.05) is 39.4 Å². The van der Waals surface area contributed by atoms with Gasteiger partial charge in [-0.15, -0.1) is 0 Å². The molecule has 0 saturated carbocycles. The number of nitrogens with one attached hydrogen (secondary N) is 2. The number of piperidine rings is 1. The summed E-state index contributed by atoms with van der Waals surface area (Å²) in [5, 5.41) is 6.34. The number of amides is 2. The van der Waals surface area contributed by atoms with Crippen molar-refractivity contribution >= 4 is 6.03 Å². The summed E-state index contributed by atoms with van der Waals surface area (Å²) in [6, 6.07) is 0.362. The standard InChI is InChI=1S/C10H19N3O2/c14-10(13-4-6-15-7-5-13)12-9-2-1-3-11-8-9/h9,11H,1-8H2,(H,12,14). The molecule has 2 rings (SSSR count). The summed E-state index contributed by atoms with van der Waals surface area (Å²) in [4.78, 5) is 13.6. The Bertz CT molecular complexity index is 211. The Kier molecular flexibility index (Phi) is 3.80. The summed E-state index contributed by atoms with van der Waals surface area (Å²) in [5.41, 5.74) is 0. The molecule has 2 amide bonds. The summed E-state index contributed by atoms with van der Waals surface area (Å²) < 4.78 is 5.21. The summed E-state index contributed by atoms with van der Waals surface area (Å²) in [6.07, 6.45) is 2.23. The highest BCUT2D eigenvalue weighted by molar-refractivity contribution is 5.74. The number of carbonyl (C=O) groups excluding carboxylic acids is 1. The second-order valence-corrected chi connectivity index (χ2v) is 4.09. The number of hydrogen-bond acceptors (Lipinski definition) is 3. The van der Waals surface area contributed by atoms with Gasteiger partial charge >= 0.3 is 6.03 Å². The Hall–Kier alpha value is -0.810. The molecule has 0 spiro atoms. The average molecular weight is 213 g/mol. The maximum Gasteiger partial charge on any atom is 0.317 e. The number of rotatable bonds is 1. The second-order valence-electron chi connectivity index (χ2n) is 4.09. The van der Waals surface area contributed by atoms with Crippen LogP contribution >= 0.6 is 0 Å². The summed E-state index contributed by atoms with van der Waals surface area (Å²) in [6.45, 7) is 4.73. The highest BCUT2D eigenvalue weighted by Gasteiger charge is 2.20. The lowest BCUT2D eigenvalue weighted by Gasteiger charge is -2.30. The topological polar surface area (TPSA) is 53.6 Å². The smallest absolute Gasteiger partial charge is 0.317 e. The van der Waals surface area contributed by atoms with E-state index in [1.807, 2.05) is 4.90 Å². The van der Waals surface area contributed by atoms with Crippen LogP contribution in [0.15, 0.2) is 0 Å². The number of hydrogen-bond donors (Lipinski definition) is 2. The number of ether oxygens (including phenoxy) is 1. The van der Waals surface area contributed by atoms with Gasteiger partial charge < -0.3 is 20.3 Å². The normalized spacial score (nSPS) is 27.5. The zero-order chi connectivity index (χ0) is 10.5. The molecule has 1 unspecified atom stereocenters. The van der Waals surface area contributed by atoms with Crippen molar-refractivity contribution in [1.82, 2.24) is 15.5 Å². The van der Waals surface area contributed by atoms with E-state index in [1.165, 1.54) is 0 Å². The Morgan fingerprint density at radius 1 is 1.40 bits per heavy atom. The molecule has 0 aromatic heterocycles. The number of urea groups is 1. The van der Waals surface area contributed by atoms with E-state index in [4.69, 9.17) is 4.74 Å². The molecule has 2 N–H and O–H groups in total. The molecule has 15 heavy (non-hydrogen) atoms. The van der Waals surface area contributed by atoms with Crippen LogP contribution in [-0.2, 0) is 4.74 Å². The van der Waals surface area contributed by atoms with Crippen molar-refractivity contribution in [3.63, 3.8) is 0 Å². The van der Waals surface area contributed by atoms with Crippen LogP contribution in [0.1, 0.15) is 12.8 Å². The second kappa shape index (κ2) is 5.32. The van der Waals surface area contributed by atoms with Crippen LogP contribution in [0.3, 0.4) is 0 Å². The average Bonchev–Trinajstić information content (AvgIpc) is 2.31. The maximum absolute atomic E-state index is 11.8. The van der Waals surface area contributed by atoms with Crippen molar-refractivity contribution in [1.29, 1.82) is 0 Å². The number of nitrogens with zero attached hydrogens (tertiary/aromatic N) is 1. The highest BCUT2D eigenvalue weighted by atomic mass is 16.5. The predicted octanol–water partition coefficient (Wildman–Crippen LogP) is -0.220. The summed E-state index contributed by atoms with van der Waals surface area (Å²) in [7, 11) is 0. The van der Waals surface area contributed by atoms with Crippen molar-refractivity contribution < 1.29 is 9.53 Å². The fourth-order valence-corrected chi connectivity index (χ4v) is 2.01. The first-order valence-corrected chi connectivity index (χ1v) is 5.70. The summed E-state index contributed by atoms with van der Waals surface area (Å²) in [5.74, 6) is 0. The molecule has 5 nitrogen and oxygen atoms in total. The lowest BCUT2D eigenvalue weighted by molar-refractivity contribution is 0.0523. The van der Waals surface area contributed by atoms with E-state index in [-0.39, 0.29) is 6.03 Å². The molecule has 1 atom stereocenters. The molecule has 0 bridgehead atoms. The van der Waals surface area contributed by atoms with Crippen LogP contribution in [0.5, 0.6) is 0 Å². The van der Waals surface area contributed by atoms with Crippen LogP contribution < -0.4 is 10.6 Å². The quantitative estimate of drug-likeness (QED) is 0.633. The Morgan fingerprint density at radius 2 is 2.20 bits per heavy atom. The predicted molar refractivity (Wildman–Crippen MR) is 56.8 cm³/mol. The maximum atomic E-state index is 11.8. The van der Waals surface area contributed by atoms with Gasteiger partial charge in [-0.3, -0.25) is 0 Å². The van der Waals surface area contributed by atoms with Gasteiger partial charge in [0.25, 0.3) is 0 Å². The Labute approximate surface area is 90.1 Å². The molecule has 0 aliphatic carbocycles. The van der Waals surface area contributed by atoms with E-state index in [0.717, 1.165) is 25.9 Å².